The first-order valence-corrected chi connectivity index (χ1v) is 7.89. The van der Waals surface area contributed by atoms with Crippen molar-refractivity contribution in [2.24, 2.45) is 0 Å². The van der Waals surface area contributed by atoms with Gasteiger partial charge in [0.2, 0.25) is 0 Å². The Balaban J connectivity index is 3.09. The van der Waals surface area contributed by atoms with E-state index in [1.165, 1.54) is 0 Å². The van der Waals surface area contributed by atoms with E-state index in [1.807, 2.05) is 0 Å². The molecule has 1 aliphatic rings. The molecule has 0 bridgehead atoms. The Morgan fingerprint density at radius 3 is 1.10 bits per heavy atom. The molecular weight excluding hydrogens is 326 g/mol. The third-order valence-electron chi connectivity index (χ3n) is 2.55. The zero-order chi connectivity index (χ0) is 15.9. The largest absolute Gasteiger partial charge is 0.790 e. The van der Waals surface area contributed by atoms with Crippen LogP contribution in [0.4, 0.5) is 0 Å². The summed E-state index contributed by atoms with van der Waals surface area (Å²) in [6, 6.07) is 0. The predicted octanol–water partition coefficient (Wildman–Crippen LogP) is -6.13. The average Bonchev–Trinajstić information content (AvgIpc) is 2.25. The molecule has 0 aromatic carbocycles. The quantitative estimate of drug-likeness (QED) is 0.352. The van der Waals surface area contributed by atoms with Crippen LogP contribution in [0.25, 0.3) is 0 Å². The molecule has 0 saturated heterocycles. The van der Waals surface area contributed by atoms with Crippen LogP contribution >= 0.6 is 15.6 Å². The Labute approximate surface area is 111 Å². The first-order chi connectivity index (χ1) is 8.83. The van der Waals surface area contributed by atoms with Crippen molar-refractivity contribution in [1.29, 1.82) is 0 Å². The zero-order valence-corrected chi connectivity index (χ0v) is 11.2. The molecule has 0 heterocycles. The molecule has 0 aromatic rings. The normalized spacial score (nSPS) is 39.8. The van der Waals surface area contributed by atoms with Crippen molar-refractivity contribution in [3.05, 3.63) is 0 Å². The molecule has 1 saturated carbocycles. The van der Waals surface area contributed by atoms with Crippen LogP contribution < -0.4 is 19.6 Å². The van der Waals surface area contributed by atoms with Crippen LogP contribution in [0.1, 0.15) is 0 Å². The number of aliphatic hydroxyl groups is 4. The molecule has 6 atom stereocenters. The summed E-state index contributed by atoms with van der Waals surface area (Å²) in [6.07, 6.45) is -13.7. The number of aliphatic hydroxyl groups excluding tert-OH is 4. The number of phosphoric acid groups is 2. The van der Waals surface area contributed by atoms with Crippen LogP contribution in [0.2, 0.25) is 0 Å². The summed E-state index contributed by atoms with van der Waals surface area (Å²) in [4.78, 5) is 41.9. The summed E-state index contributed by atoms with van der Waals surface area (Å²) in [5.74, 6) is 0. The Hall–Kier alpha value is 0.0600. The fraction of sp³-hybridized carbons (Fsp3) is 1.00. The second kappa shape index (κ2) is 6.05. The third-order valence-corrected chi connectivity index (χ3v) is 3.55. The van der Waals surface area contributed by atoms with Gasteiger partial charge in [0.1, 0.15) is 36.6 Å². The second-order valence-electron chi connectivity index (χ2n) is 4.00. The average molecular weight is 336 g/mol. The van der Waals surface area contributed by atoms with Crippen molar-refractivity contribution >= 4 is 15.6 Å². The van der Waals surface area contributed by atoms with Crippen LogP contribution in [0.15, 0.2) is 0 Å². The van der Waals surface area contributed by atoms with Crippen molar-refractivity contribution in [2.75, 3.05) is 0 Å². The first-order valence-electron chi connectivity index (χ1n) is 4.96. The van der Waals surface area contributed by atoms with Crippen molar-refractivity contribution < 1.29 is 58.2 Å². The number of hydrogen-bond donors (Lipinski definition) is 4. The van der Waals surface area contributed by atoms with E-state index < -0.39 is 52.3 Å². The highest BCUT2D eigenvalue weighted by Crippen LogP contribution is 2.40. The highest BCUT2D eigenvalue weighted by atomic mass is 31.2. The van der Waals surface area contributed by atoms with Crippen molar-refractivity contribution in [2.45, 2.75) is 36.6 Å². The van der Waals surface area contributed by atoms with Crippen LogP contribution in [0.5, 0.6) is 0 Å². The standard InChI is InChI=1S/C6H14O12P2/c7-1-2(8)4(10)6(18-20(14,15)16)5(3(1)9)17-19(11,12)13/h1-10H,(H2,11,12,13)(H2,14,15,16)/p-4/t1-,2-,3+,4+,5-,6+/m1/s1. The molecule has 0 aliphatic heterocycles. The summed E-state index contributed by atoms with van der Waals surface area (Å²) in [6.45, 7) is 0. The van der Waals surface area contributed by atoms with Gasteiger partial charge in [-0.3, -0.25) is 0 Å². The number of phosphoric ester groups is 2. The van der Waals surface area contributed by atoms with Gasteiger partial charge >= 0.3 is 0 Å². The van der Waals surface area contributed by atoms with Gasteiger partial charge in [0.05, 0.1) is 15.6 Å². The molecule has 0 amide bonds. The molecule has 1 fully saturated rings. The van der Waals surface area contributed by atoms with Crippen LogP contribution in [0, 0.1) is 0 Å². The third kappa shape index (κ3) is 4.53. The highest BCUT2D eigenvalue weighted by Gasteiger charge is 2.51. The van der Waals surface area contributed by atoms with Gasteiger partial charge in [-0.15, -0.1) is 0 Å². The lowest BCUT2D eigenvalue weighted by Crippen LogP contribution is -2.65. The molecule has 0 spiro atoms. The SMILES string of the molecule is O=P([O-])([O-])O[C@@H]1[C@@H](O)[C@H](O)[C@@H](O)[C@H](O)[C@@H]1OP(=O)([O-])[O-]. The Kier molecular flexibility index (Phi) is 5.48. The minimum Gasteiger partial charge on any atom is -0.790 e. The van der Waals surface area contributed by atoms with E-state index in [9.17, 15) is 49.1 Å². The Morgan fingerprint density at radius 1 is 0.650 bits per heavy atom. The molecule has 0 radical (unpaired) electrons. The van der Waals surface area contributed by atoms with Gasteiger partial charge < -0.3 is 58.2 Å². The summed E-state index contributed by atoms with van der Waals surface area (Å²) < 4.78 is 28.5. The number of rotatable bonds is 4. The minimum absolute atomic E-state index is 2.17. The van der Waals surface area contributed by atoms with E-state index >= 15 is 0 Å². The maximum absolute atomic E-state index is 10.5. The van der Waals surface area contributed by atoms with E-state index in [-0.39, 0.29) is 0 Å². The van der Waals surface area contributed by atoms with Crippen molar-refractivity contribution in [3.8, 4) is 0 Å². The maximum Gasteiger partial charge on any atom is 0.120 e. The summed E-state index contributed by atoms with van der Waals surface area (Å²) >= 11 is 0. The smallest absolute Gasteiger partial charge is 0.120 e. The van der Waals surface area contributed by atoms with Gasteiger partial charge in [-0.2, -0.15) is 0 Å². The molecule has 1 rings (SSSR count). The van der Waals surface area contributed by atoms with Crippen LogP contribution in [-0.4, -0.2) is 57.0 Å². The molecule has 0 unspecified atom stereocenters. The molecule has 4 N–H and O–H groups in total. The van der Waals surface area contributed by atoms with E-state index in [4.69, 9.17) is 0 Å². The summed E-state index contributed by atoms with van der Waals surface area (Å²) in [7, 11) is -11.6. The zero-order valence-electron chi connectivity index (χ0n) is 9.41. The van der Waals surface area contributed by atoms with E-state index in [2.05, 4.69) is 9.05 Å². The molecule has 20 heavy (non-hydrogen) atoms. The summed E-state index contributed by atoms with van der Waals surface area (Å²) in [5.41, 5.74) is 0. The second-order valence-corrected chi connectivity index (χ2v) is 6.21. The molecular formula is C6H10O12P2-4. The van der Waals surface area contributed by atoms with Crippen molar-refractivity contribution in [1.82, 2.24) is 0 Å². The topological polar surface area (TPSA) is 226 Å². The highest BCUT2D eigenvalue weighted by molar-refractivity contribution is 7.43. The maximum atomic E-state index is 10.5. The van der Waals surface area contributed by atoms with Crippen molar-refractivity contribution in [3.63, 3.8) is 0 Å². The molecule has 0 aromatic heterocycles. The fourth-order valence-electron chi connectivity index (χ4n) is 1.72. The summed E-state index contributed by atoms with van der Waals surface area (Å²) in [5, 5.41) is 37.4. The predicted molar refractivity (Wildman–Crippen MR) is 49.0 cm³/mol. The van der Waals surface area contributed by atoms with E-state index in [0.717, 1.165) is 0 Å². The molecule has 120 valence electrons. The van der Waals surface area contributed by atoms with Gasteiger partial charge in [-0.25, -0.2) is 0 Å². The van der Waals surface area contributed by atoms with Gasteiger partial charge in [-0.1, -0.05) is 0 Å². The lowest BCUT2D eigenvalue weighted by atomic mass is 9.85. The van der Waals surface area contributed by atoms with Gasteiger partial charge in [0.25, 0.3) is 0 Å². The Morgan fingerprint density at radius 2 is 0.900 bits per heavy atom. The fourth-order valence-corrected chi connectivity index (χ4v) is 2.81. The van der Waals surface area contributed by atoms with E-state index in [1.54, 1.807) is 0 Å². The van der Waals surface area contributed by atoms with Crippen LogP contribution in [-0.2, 0) is 18.2 Å². The lowest BCUT2D eigenvalue weighted by Gasteiger charge is -2.48. The number of hydrogen-bond acceptors (Lipinski definition) is 12. The van der Waals surface area contributed by atoms with Gasteiger partial charge in [0.15, 0.2) is 0 Å². The molecule has 12 nitrogen and oxygen atoms in total. The van der Waals surface area contributed by atoms with E-state index in [0.29, 0.717) is 0 Å². The first kappa shape index (κ1) is 18.1. The molecule has 14 heteroatoms. The van der Waals surface area contributed by atoms with Gasteiger partial charge in [0, 0.05) is 0 Å². The lowest BCUT2D eigenvalue weighted by molar-refractivity contribution is -0.366. The molecule has 1 aliphatic carbocycles. The Bertz CT molecular complexity index is 388. The monoisotopic (exact) mass is 336 g/mol. The van der Waals surface area contributed by atoms with Crippen LogP contribution in [0.3, 0.4) is 0 Å². The van der Waals surface area contributed by atoms with Gasteiger partial charge in [-0.05, 0) is 0 Å². The minimum atomic E-state index is -5.78.